The summed E-state index contributed by atoms with van der Waals surface area (Å²) in [5, 5.41) is 5.82. The van der Waals surface area contributed by atoms with Crippen LogP contribution in [0, 0.1) is 29.1 Å². The molecule has 9 heteroatoms. The highest BCUT2D eigenvalue weighted by Gasteiger charge is 2.27. The average Bonchev–Trinajstić information content (AvgIpc) is 3.01. The fraction of sp³-hybridized carbons (Fsp3) is 0.312. The highest BCUT2D eigenvalue weighted by molar-refractivity contribution is 5.82. The highest BCUT2D eigenvalue weighted by Crippen LogP contribution is 2.30. The number of benzene rings is 4. The predicted molar refractivity (Wildman–Crippen MR) is 145 cm³/mol. The Hall–Kier alpha value is -3.53. The Balaban J connectivity index is 1.08. The molecule has 4 aromatic rings. The van der Waals surface area contributed by atoms with Gasteiger partial charge in [0.25, 0.3) is 0 Å². The monoisotopic (exact) mass is 571 g/mol. The van der Waals surface area contributed by atoms with E-state index in [1.54, 1.807) is 0 Å². The summed E-state index contributed by atoms with van der Waals surface area (Å²) in [4.78, 5) is 0. The fourth-order valence-electron chi connectivity index (χ4n) is 5.03. The van der Waals surface area contributed by atoms with E-state index in [1.165, 1.54) is 10.8 Å². The number of halogens is 5. The van der Waals surface area contributed by atoms with Crippen molar-refractivity contribution in [3.63, 3.8) is 0 Å². The standard InChI is InChI=1S/C32H30F5NO3/c33-28-26(29(34)31(36)32(37)30(28)35)19-39-14-3-15-40-24-10-8-22(9-11-24)25-12-13-38-17-27(25)41-18-20-6-7-21-4-1-2-5-23(21)16-20/h1-2,4-11,16,25,27,38H,3,12-15,17-19H2. The molecule has 2 atom stereocenters. The van der Waals surface area contributed by atoms with E-state index in [1.807, 2.05) is 36.4 Å². The minimum atomic E-state index is -2.19. The van der Waals surface area contributed by atoms with Crippen LogP contribution in [0.2, 0.25) is 0 Å². The molecule has 0 aliphatic carbocycles. The Morgan fingerprint density at radius 2 is 1.44 bits per heavy atom. The van der Waals surface area contributed by atoms with Gasteiger partial charge >= 0.3 is 0 Å². The maximum Gasteiger partial charge on any atom is 0.200 e. The lowest BCUT2D eigenvalue weighted by molar-refractivity contribution is 0.0106. The van der Waals surface area contributed by atoms with Gasteiger partial charge in [0, 0.05) is 18.9 Å². The number of rotatable bonds is 11. The molecule has 0 spiro atoms. The van der Waals surface area contributed by atoms with Crippen molar-refractivity contribution in [3.8, 4) is 5.75 Å². The Kier molecular flexibility index (Phi) is 9.49. The molecule has 1 aliphatic heterocycles. The number of ether oxygens (including phenoxy) is 3. The quantitative estimate of drug-likeness (QED) is 0.0896. The van der Waals surface area contributed by atoms with Crippen LogP contribution >= 0.6 is 0 Å². The van der Waals surface area contributed by atoms with E-state index in [2.05, 4.69) is 35.6 Å². The first-order chi connectivity index (χ1) is 19.9. The molecule has 0 saturated carbocycles. The first kappa shape index (κ1) is 29.0. The first-order valence-electron chi connectivity index (χ1n) is 13.5. The van der Waals surface area contributed by atoms with Gasteiger partial charge in [-0.25, -0.2) is 22.0 Å². The number of nitrogens with one attached hydrogen (secondary N) is 1. The summed E-state index contributed by atoms with van der Waals surface area (Å²) in [6, 6.07) is 22.4. The maximum atomic E-state index is 13.7. The minimum absolute atomic E-state index is 0.0167. The van der Waals surface area contributed by atoms with Crippen LogP contribution in [-0.4, -0.2) is 32.4 Å². The van der Waals surface area contributed by atoms with E-state index < -0.39 is 41.3 Å². The zero-order chi connectivity index (χ0) is 28.8. The normalized spacial score (nSPS) is 17.2. The van der Waals surface area contributed by atoms with Crippen molar-refractivity contribution in [3.05, 3.63) is 113 Å². The SMILES string of the molecule is Fc1c(F)c(F)c(COCCCOc2ccc(C3CCNCC3OCc3ccc4ccccc4c3)cc2)c(F)c1F. The van der Waals surface area contributed by atoms with Crippen molar-refractivity contribution in [2.45, 2.75) is 38.1 Å². The lowest BCUT2D eigenvalue weighted by atomic mass is 9.87. The van der Waals surface area contributed by atoms with Crippen molar-refractivity contribution in [2.24, 2.45) is 0 Å². The summed E-state index contributed by atoms with van der Waals surface area (Å²) in [5.74, 6) is -9.03. The van der Waals surface area contributed by atoms with Crippen molar-refractivity contribution in [1.29, 1.82) is 0 Å². The van der Waals surface area contributed by atoms with Crippen LogP contribution in [0.5, 0.6) is 5.75 Å². The second-order valence-corrected chi connectivity index (χ2v) is 10.0. The summed E-state index contributed by atoms with van der Waals surface area (Å²) in [6.45, 7) is 1.73. The van der Waals surface area contributed by atoms with E-state index in [0.29, 0.717) is 18.8 Å². The van der Waals surface area contributed by atoms with Gasteiger partial charge in [-0.05, 0) is 53.1 Å². The van der Waals surface area contributed by atoms with E-state index in [0.717, 1.165) is 30.6 Å². The number of hydrogen-bond donors (Lipinski definition) is 1. The van der Waals surface area contributed by atoms with Crippen molar-refractivity contribution in [2.75, 3.05) is 26.3 Å². The smallest absolute Gasteiger partial charge is 0.200 e. The molecule has 0 radical (unpaired) electrons. The average molecular weight is 572 g/mol. The first-order valence-corrected chi connectivity index (χ1v) is 13.5. The maximum absolute atomic E-state index is 13.7. The van der Waals surface area contributed by atoms with Gasteiger partial charge in [-0.15, -0.1) is 0 Å². The molecule has 0 amide bonds. The van der Waals surface area contributed by atoms with Crippen LogP contribution in [-0.2, 0) is 22.7 Å². The third-order valence-electron chi connectivity index (χ3n) is 7.26. The molecule has 0 bridgehead atoms. The van der Waals surface area contributed by atoms with Crippen molar-refractivity contribution >= 4 is 10.8 Å². The van der Waals surface area contributed by atoms with E-state index in [-0.39, 0.29) is 25.2 Å². The Labute approximate surface area is 235 Å². The summed E-state index contributed by atoms with van der Waals surface area (Å²) in [6.07, 6.45) is 1.33. The van der Waals surface area contributed by atoms with Gasteiger partial charge in [0.1, 0.15) is 5.75 Å². The van der Waals surface area contributed by atoms with E-state index in [4.69, 9.17) is 14.2 Å². The topological polar surface area (TPSA) is 39.7 Å². The van der Waals surface area contributed by atoms with Crippen LogP contribution < -0.4 is 10.1 Å². The molecule has 4 nitrogen and oxygen atoms in total. The minimum Gasteiger partial charge on any atom is -0.494 e. The summed E-state index contributed by atoms with van der Waals surface area (Å²) in [5.41, 5.74) is 1.30. The molecule has 1 N–H and O–H groups in total. The van der Waals surface area contributed by atoms with Gasteiger partial charge in [0.2, 0.25) is 5.82 Å². The molecular formula is C32H30F5NO3. The molecule has 216 valence electrons. The van der Waals surface area contributed by atoms with Crippen LogP contribution in [0.4, 0.5) is 22.0 Å². The number of hydrogen-bond acceptors (Lipinski definition) is 4. The van der Waals surface area contributed by atoms with Crippen LogP contribution in [0.25, 0.3) is 10.8 Å². The number of fused-ring (bicyclic) bond motifs is 1. The van der Waals surface area contributed by atoms with Crippen LogP contribution in [0.1, 0.15) is 35.4 Å². The Morgan fingerprint density at radius 1 is 0.732 bits per heavy atom. The lowest BCUT2D eigenvalue weighted by Gasteiger charge is -2.32. The molecule has 5 rings (SSSR count). The van der Waals surface area contributed by atoms with Crippen LogP contribution in [0.15, 0.2) is 66.7 Å². The van der Waals surface area contributed by atoms with Gasteiger partial charge < -0.3 is 19.5 Å². The molecule has 4 aromatic carbocycles. The van der Waals surface area contributed by atoms with Crippen molar-refractivity contribution in [1.82, 2.24) is 5.32 Å². The number of piperidine rings is 1. The summed E-state index contributed by atoms with van der Waals surface area (Å²) < 4.78 is 84.4. The second-order valence-electron chi connectivity index (χ2n) is 10.0. The zero-order valence-electron chi connectivity index (χ0n) is 22.3. The summed E-state index contributed by atoms with van der Waals surface area (Å²) in [7, 11) is 0. The van der Waals surface area contributed by atoms with E-state index in [9.17, 15) is 22.0 Å². The molecule has 1 aliphatic rings. The van der Waals surface area contributed by atoms with Gasteiger partial charge in [0.15, 0.2) is 23.3 Å². The second kappa shape index (κ2) is 13.4. The zero-order valence-corrected chi connectivity index (χ0v) is 22.3. The van der Waals surface area contributed by atoms with Gasteiger partial charge in [0.05, 0.1) is 38.1 Å². The molecular weight excluding hydrogens is 541 g/mol. The molecule has 0 aromatic heterocycles. The Morgan fingerprint density at radius 3 is 2.20 bits per heavy atom. The predicted octanol–water partition coefficient (Wildman–Crippen LogP) is 7.18. The molecule has 41 heavy (non-hydrogen) atoms. The van der Waals surface area contributed by atoms with Gasteiger partial charge in [-0.3, -0.25) is 0 Å². The molecule has 1 fully saturated rings. The van der Waals surface area contributed by atoms with Gasteiger partial charge in [-0.1, -0.05) is 48.5 Å². The summed E-state index contributed by atoms with van der Waals surface area (Å²) >= 11 is 0. The van der Waals surface area contributed by atoms with Crippen LogP contribution in [0.3, 0.4) is 0 Å². The molecule has 2 unspecified atom stereocenters. The highest BCUT2D eigenvalue weighted by atomic mass is 19.2. The largest absolute Gasteiger partial charge is 0.494 e. The Bertz CT molecular complexity index is 1450. The molecule has 1 heterocycles. The third-order valence-corrected chi connectivity index (χ3v) is 7.26. The van der Waals surface area contributed by atoms with Gasteiger partial charge in [-0.2, -0.15) is 0 Å². The lowest BCUT2D eigenvalue weighted by Crippen LogP contribution is -2.40. The molecule has 1 saturated heterocycles. The van der Waals surface area contributed by atoms with E-state index >= 15 is 0 Å². The fourth-order valence-corrected chi connectivity index (χ4v) is 5.03. The third kappa shape index (κ3) is 6.86. The van der Waals surface area contributed by atoms with Crippen molar-refractivity contribution < 1.29 is 36.2 Å².